The number of H-pyrrole nitrogens is 1. The van der Waals surface area contributed by atoms with E-state index in [0.29, 0.717) is 34.3 Å². The number of pyridine rings is 1. The molecule has 0 spiro atoms. The molecule has 1 aliphatic rings. The topological polar surface area (TPSA) is 144 Å². The first-order chi connectivity index (χ1) is 13.1. The predicted molar refractivity (Wildman–Crippen MR) is 109 cm³/mol. The van der Waals surface area contributed by atoms with E-state index in [4.69, 9.17) is 5.11 Å². The minimum absolute atomic E-state index is 0.219. The number of aromatic amines is 1. The highest BCUT2D eigenvalue weighted by Gasteiger charge is 2.26. The third kappa shape index (κ3) is 4.73. The van der Waals surface area contributed by atoms with Crippen molar-refractivity contribution in [3.8, 4) is 0 Å². The number of hydrogen-bond donors (Lipinski definition) is 4. The van der Waals surface area contributed by atoms with E-state index in [1.165, 1.54) is 0 Å². The summed E-state index contributed by atoms with van der Waals surface area (Å²) in [6.45, 7) is 1.17. The summed E-state index contributed by atoms with van der Waals surface area (Å²) in [5, 5.41) is 14.8. The molecule has 28 heavy (non-hydrogen) atoms. The number of sulfone groups is 1. The summed E-state index contributed by atoms with van der Waals surface area (Å²) in [4.78, 5) is 32.4. The van der Waals surface area contributed by atoms with Gasteiger partial charge >= 0.3 is 6.09 Å². The number of carbonyl (C=O) groups excluding carboxylic acids is 1. The molecule has 1 unspecified atom stereocenters. The van der Waals surface area contributed by atoms with E-state index in [1.807, 2.05) is 4.90 Å². The maximum absolute atomic E-state index is 12.1. The molecule has 0 saturated carbocycles. The minimum Gasteiger partial charge on any atom is -0.465 e. The average molecular weight is 474 g/mol. The molecule has 0 radical (unpaired) electrons. The Hall–Kier alpha value is -2.34. The van der Waals surface area contributed by atoms with E-state index in [2.05, 4.69) is 36.5 Å². The van der Waals surface area contributed by atoms with Crippen LogP contribution in [0, 0.1) is 0 Å². The molecule has 0 aliphatic carbocycles. The Morgan fingerprint density at radius 1 is 1.46 bits per heavy atom. The van der Waals surface area contributed by atoms with E-state index < -0.39 is 27.6 Å². The number of nitrogens with one attached hydrogen (secondary N) is 3. The molecular weight excluding hydrogens is 454 g/mol. The number of halogens is 1. The standard InChI is InChI=1S/C16H20BrN5O5S/c1-28(26,27)8-12(23)21-11-6-19-15-13(11)14(10(17)5-18-15)22-4-2-3-9(7-22)20-16(24)25/h5-6,9,20H,2-4,7-8H2,1H3,(H,18,19)(H,21,23)(H,24,25). The number of nitrogens with zero attached hydrogens (tertiary/aromatic N) is 2. The Labute approximate surface area is 169 Å². The van der Waals surface area contributed by atoms with E-state index in [9.17, 15) is 18.0 Å². The number of fused-ring (bicyclic) bond motifs is 1. The molecule has 1 aliphatic heterocycles. The molecule has 3 rings (SSSR count). The lowest BCUT2D eigenvalue weighted by molar-refractivity contribution is -0.113. The molecule has 2 amide bonds. The molecule has 2 aromatic heterocycles. The predicted octanol–water partition coefficient (Wildman–Crippen LogP) is 1.54. The number of carboxylic acid groups (broad SMARTS) is 1. The smallest absolute Gasteiger partial charge is 0.404 e. The van der Waals surface area contributed by atoms with Gasteiger partial charge in [-0.1, -0.05) is 0 Å². The molecular formula is C16H20BrN5O5S. The van der Waals surface area contributed by atoms with Crippen LogP contribution in [0.5, 0.6) is 0 Å². The second-order valence-corrected chi connectivity index (χ2v) is 9.73. The van der Waals surface area contributed by atoms with Gasteiger partial charge in [0.2, 0.25) is 5.91 Å². The molecule has 4 N–H and O–H groups in total. The van der Waals surface area contributed by atoms with Gasteiger partial charge in [-0.3, -0.25) is 4.79 Å². The Morgan fingerprint density at radius 3 is 2.89 bits per heavy atom. The van der Waals surface area contributed by atoms with Gasteiger partial charge < -0.3 is 25.6 Å². The summed E-state index contributed by atoms with van der Waals surface area (Å²) in [5.41, 5.74) is 1.71. The molecule has 1 fully saturated rings. The third-order valence-electron chi connectivity index (χ3n) is 4.36. The van der Waals surface area contributed by atoms with Gasteiger partial charge in [0, 0.05) is 37.8 Å². The van der Waals surface area contributed by atoms with Gasteiger partial charge in [0.15, 0.2) is 9.84 Å². The van der Waals surface area contributed by atoms with Gasteiger partial charge in [0.05, 0.1) is 21.2 Å². The van der Waals surface area contributed by atoms with E-state index in [0.717, 1.165) is 24.8 Å². The first-order valence-electron chi connectivity index (χ1n) is 8.51. The van der Waals surface area contributed by atoms with Crippen molar-refractivity contribution < 1.29 is 23.1 Å². The first-order valence-corrected chi connectivity index (χ1v) is 11.4. The average Bonchev–Trinajstić information content (AvgIpc) is 2.95. The van der Waals surface area contributed by atoms with E-state index in [-0.39, 0.29) is 6.04 Å². The normalized spacial score (nSPS) is 17.5. The van der Waals surface area contributed by atoms with Gasteiger partial charge in [-0.15, -0.1) is 0 Å². The van der Waals surface area contributed by atoms with Gasteiger partial charge in [0.1, 0.15) is 11.4 Å². The van der Waals surface area contributed by atoms with Crippen LogP contribution in [0.4, 0.5) is 16.2 Å². The lowest BCUT2D eigenvalue weighted by atomic mass is 10.0. The molecule has 2 aromatic rings. The number of hydrogen-bond acceptors (Lipinski definition) is 6. The number of amides is 2. The zero-order valence-electron chi connectivity index (χ0n) is 15.0. The van der Waals surface area contributed by atoms with Crippen molar-refractivity contribution >= 4 is 60.2 Å². The fraction of sp³-hybridized carbons (Fsp3) is 0.438. The lowest BCUT2D eigenvalue weighted by Crippen LogP contribution is -2.47. The molecule has 0 bridgehead atoms. The Kier molecular flexibility index (Phi) is 5.79. The Morgan fingerprint density at radius 2 is 2.21 bits per heavy atom. The number of anilines is 2. The summed E-state index contributed by atoms with van der Waals surface area (Å²) < 4.78 is 23.4. The number of piperidine rings is 1. The highest BCUT2D eigenvalue weighted by molar-refractivity contribution is 9.10. The third-order valence-corrected chi connectivity index (χ3v) is 5.73. The fourth-order valence-electron chi connectivity index (χ4n) is 3.36. The second-order valence-electron chi connectivity index (χ2n) is 6.73. The van der Waals surface area contributed by atoms with Crippen molar-refractivity contribution in [1.82, 2.24) is 15.3 Å². The number of rotatable bonds is 5. The quantitative estimate of drug-likeness (QED) is 0.515. The highest BCUT2D eigenvalue weighted by Crippen LogP contribution is 2.38. The Balaban J connectivity index is 1.95. The van der Waals surface area contributed by atoms with Gasteiger partial charge in [-0.05, 0) is 28.8 Å². The maximum Gasteiger partial charge on any atom is 0.404 e. The van der Waals surface area contributed by atoms with Crippen molar-refractivity contribution in [1.29, 1.82) is 0 Å². The summed E-state index contributed by atoms with van der Waals surface area (Å²) in [7, 11) is -3.46. The molecule has 3 heterocycles. The molecule has 12 heteroatoms. The van der Waals surface area contributed by atoms with Crippen LogP contribution >= 0.6 is 15.9 Å². The van der Waals surface area contributed by atoms with E-state index >= 15 is 0 Å². The SMILES string of the molecule is CS(=O)(=O)CC(=O)Nc1c[nH]c2ncc(Br)c(N3CCCC(NC(=O)O)C3)c12. The maximum atomic E-state index is 12.1. The molecule has 0 aromatic carbocycles. The van der Waals surface area contributed by atoms with Crippen LogP contribution in [-0.4, -0.2) is 66.6 Å². The van der Waals surface area contributed by atoms with Crippen LogP contribution in [-0.2, 0) is 14.6 Å². The van der Waals surface area contributed by atoms with Crippen molar-refractivity contribution in [2.75, 3.05) is 35.3 Å². The van der Waals surface area contributed by atoms with Crippen LogP contribution in [0.25, 0.3) is 11.0 Å². The second kappa shape index (κ2) is 7.95. The number of aromatic nitrogens is 2. The molecule has 1 saturated heterocycles. The summed E-state index contributed by atoms with van der Waals surface area (Å²) in [6.07, 6.45) is 4.64. The molecule has 1 atom stereocenters. The largest absolute Gasteiger partial charge is 0.465 e. The summed E-state index contributed by atoms with van der Waals surface area (Å²) in [5.74, 6) is -1.26. The van der Waals surface area contributed by atoms with Crippen molar-refractivity contribution in [3.63, 3.8) is 0 Å². The summed E-state index contributed by atoms with van der Waals surface area (Å²) >= 11 is 3.49. The van der Waals surface area contributed by atoms with Crippen LogP contribution in [0.2, 0.25) is 0 Å². The van der Waals surface area contributed by atoms with Crippen LogP contribution in [0.15, 0.2) is 16.9 Å². The monoisotopic (exact) mass is 473 g/mol. The first kappa shape index (κ1) is 20.4. The van der Waals surface area contributed by atoms with Crippen molar-refractivity contribution in [2.45, 2.75) is 18.9 Å². The fourth-order valence-corrected chi connectivity index (χ4v) is 4.46. The molecule has 152 valence electrons. The summed E-state index contributed by atoms with van der Waals surface area (Å²) in [6, 6.07) is -0.219. The van der Waals surface area contributed by atoms with Gasteiger partial charge in [0.25, 0.3) is 0 Å². The van der Waals surface area contributed by atoms with Crippen LogP contribution in [0.3, 0.4) is 0 Å². The Bertz CT molecular complexity index is 1020. The number of carbonyl (C=O) groups is 2. The zero-order valence-corrected chi connectivity index (χ0v) is 17.4. The van der Waals surface area contributed by atoms with Crippen LogP contribution < -0.4 is 15.5 Å². The highest BCUT2D eigenvalue weighted by atomic mass is 79.9. The van der Waals surface area contributed by atoms with Crippen molar-refractivity contribution in [3.05, 3.63) is 16.9 Å². The zero-order chi connectivity index (χ0) is 20.5. The molecule has 10 nitrogen and oxygen atoms in total. The minimum atomic E-state index is -3.46. The van der Waals surface area contributed by atoms with Crippen molar-refractivity contribution in [2.24, 2.45) is 0 Å². The van der Waals surface area contributed by atoms with E-state index in [1.54, 1.807) is 12.4 Å². The van der Waals surface area contributed by atoms with Gasteiger partial charge in [-0.2, -0.15) is 0 Å². The lowest BCUT2D eigenvalue weighted by Gasteiger charge is -2.35. The van der Waals surface area contributed by atoms with Crippen LogP contribution in [0.1, 0.15) is 12.8 Å². The van der Waals surface area contributed by atoms with Gasteiger partial charge in [-0.25, -0.2) is 18.2 Å².